The van der Waals surface area contributed by atoms with Crippen LogP contribution >= 0.6 is 0 Å². The zero-order valence-electron chi connectivity index (χ0n) is 22.1. The molecule has 1 amide bonds. The molecule has 0 aliphatic carbocycles. The third kappa shape index (κ3) is 2.56. The second-order valence-corrected chi connectivity index (χ2v) is 11.1. The molecule has 5 unspecified atom stereocenters. The summed E-state index contributed by atoms with van der Waals surface area (Å²) in [4.78, 5) is 15.4. The van der Waals surface area contributed by atoms with Crippen molar-refractivity contribution in [2.24, 2.45) is 0 Å². The van der Waals surface area contributed by atoms with Crippen molar-refractivity contribution in [2.45, 2.75) is 50.6 Å². The molecule has 2 bridgehead atoms. The Morgan fingerprint density at radius 3 is 2.49 bits per heavy atom. The van der Waals surface area contributed by atoms with Gasteiger partial charge in [0.1, 0.15) is 12.3 Å². The Balaban J connectivity index is 1.67. The van der Waals surface area contributed by atoms with E-state index in [1.807, 2.05) is 48.3 Å². The minimum absolute atomic E-state index is 0.154. The Kier molecular flexibility index (Phi) is 4.35. The first-order chi connectivity index (χ1) is 18.8. The predicted molar refractivity (Wildman–Crippen MR) is 149 cm³/mol. The van der Waals surface area contributed by atoms with E-state index < -0.39 is 18.1 Å². The lowest BCUT2D eigenvalue weighted by atomic mass is 9.91. The molecule has 1 saturated heterocycles. The van der Waals surface area contributed by atoms with Gasteiger partial charge in [-0.2, -0.15) is 0 Å². The van der Waals surface area contributed by atoms with Crippen LogP contribution < -0.4 is 5.32 Å². The van der Waals surface area contributed by atoms with Gasteiger partial charge in [0.2, 0.25) is 0 Å². The zero-order chi connectivity index (χ0) is 27.0. The molecule has 5 aromatic rings. The van der Waals surface area contributed by atoms with Gasteiger partial charge in [0, 0.05) is 47.7 Å². The molecule has 3 N–H and O–H groups in total. The third-order valence-electron chi connectivity index (χ3n) is 9.27. The topological polar surface area (TPSA) is 105 Å². The number of carbonyl (C=O) groups is 1. The maximum absolute atomic E-state index is 13.5. The predicted octanol–water partition coefficient (Wildman–Crippen LogP) is 4.55. The SMILES string of the molecule is COC1C(N(C)C(C)=N)CC2OC1(C)n1c3ccccc3c3c4c(c5c6ccccc6n2c5c31)C(=O)NC4O. The first-order valence-electron chi connectivity index (χ1n) is 13.3. The molecular formula is C30H29N5O4. The summed E-state index contributed by atoms with van der Waals surface area (Å²) in [5.41, 5.74) is 3.91. The number of ether oxygens (including phenoxy) is 2. The van der Waals surface area contributed by atoms with Gasteiger partial charge in [-0.05, 0) is 26.0 Å². The largest absolute Gasteiger partial charge is 0.374 e. The number of hydrogen-bond donors (Lipinski definition) is 3. The van der Waals surface area contributed by atoms with Crippen LogP contribution in [0.2, 0.25) is 0 Å². The molecular weight excluding hydrogens is 494 g/mol. The summed E-state index contributed by atoms with van der Waals surface area (Å²) in [6.07, 6.45) is -1.33. The summed E-state index contributed by atoms with van der Waals surface area (Å²) in [5, 5.41) is 26.0. The Hall–Kier alpha value is -3.92. The van der Waals surface area contributed by atoms with Gasteiger partial charge in [0.15, 0.2) is 12.0 Å². The number of hydrogen-bond acceptors (Lipinski definition) is 5. The molecule has 198 valence electrons. The van der Waals surface area contributed by atoms with Crippen LogP contribution in [0.5, 0.6) is 0 Å². The van der Waals surface area contributed by atoms with E-state index in [-0.39, 0.29) is 18.2 Å². The molecule has 1 fully saturated rings. The highest BCUT2D eigenvalue weighted by molar-refractivity contribution is 6.31. The summed E-state index contributed by atoms with van der Waals surface area (Å²) in [7, 11) is 3.64. The van der Waals surface area contributed by atoms with Gasteiger partial charge in [-0.1, -0.05) is 36.4 Å². The molecule has 2 aromatic heterocycles. The molecule has 3 aliphatic heterocycles. The molecule has 8 rings (SSSR count). The molecule has 0 saturated carbocycles. The Bertz CT molecular complexity index is 1920. The van der Waals surface area contributed by atoms with Crippen molar-refractivity contribution in [2.75, 3.05) is 14.2 Å². The molecule has 0 spiro atoms. The molecule has 0 radical (unpaired) electrons. The number of amidine groups is 1. The molecule has 5 heterocycles. The van der Waals surface area contributed by atoms with Gasteiger partial charge in [-0.15, -0.1) is 0 Å². The first-order valence-corrected chi connectivity index (χ1v) is 13.3. The summed E-state index contributed by atoms with van der Waals surface area (Å²) in [6.45, 7) is 3.85. The van der Waals surface area contributed by atoms with E-state index in [4.69, 9.17) is 14.9 Å². The van der Waals surface area contributed by atoms with Gasteiger partial charge >= 0.3 is 0 Å². The van der Waals surface area contributed by atoms with E-state index in [0.717, 1.165) is 43.6 Å². The maximum atomic E-state index is 13.5. The second kappa shape index (κ2) is 7.38. The quantitative estimate of drug-likeness (QED) is 0.233. The van der Waals surface area contributed by atoms with Crippen molar-refractivity contribution in [1.29, 1.82) is 5.41 Å². The van der Waals surface area contributed by atoms with E-state index in [1.165, 1.54) is 0 Å². The van der Waals surface area contributed by atoms with Crippen LogP contribution in [-0.2, 0) is 15.2 Å². The highest BCUT2D eigenvalue weighted by atomic mass is 16.6. The average molecular weight is 524 g/mol. The van der Waals surface area contributed by atoms with Crippen molar-refractivity contribution in [3.8, 4) is 0 Å². The molecule has 9 heteroatoms. The lowest BCUT2D eigenvalue weighted by Crippen LogP contribution is -2.61. The lowest BCUT2D eigenvalue weighted by Gasteiger charge is -2.50. The monoisotopic (exact) mass is 523 g/mol. The summed E-state index contributed by atoms with van der Waals surface area (Å²) < 4.78 is 17.8. The number of nitrogens with zero attached hydrogens (tertiary/aromatic N) is 3. The normalized spacial score (nSPS) is 27.5. The number of rotatable bonds is 2. The van der Waals surface area contributed by atoms with Gasteiger partial charge in [-0.3, -0.25) is 10.2 Å². The minimum Gasteiger partial charge on any atom is -0.374 e. The Morgan fingerprint density at radius 1 is 1.13 bits per heavy atom. The number of benzene rings is 3. The number of carbonyl (C=O) groups excluding carboxylic acids is 1. The van der Waals surface area contributed by atoms with Crippen LogP contribution in [0, 0.1) is 5.41 Å². The van der Waals surface area contributed by atoms with Crippen molar-refractivity contribution in [1.82, 2.24) is 19.4 Å². The van der Waals surface area contributed by atoms with E-state index >= 15 is 0 Å². The highest BCUT2D eigenvalue weighted by Crippen LogP contribution is 2.54. The van der Waals surface area contributed by atoms with Crippen LogP contribution in [0.1, 0.15) is 48.6 Å². The number of aromatic nitrogens is 2. The van der Waals surface area contributed by atoms with Crippen LogP contribution in [-0.4, -0.2) is 57.2 Å². The number of methoxy groups -OCH3 is 1. The zero-order valence-corrected chi connectivity index (χ0v) is 22.1. The van der Waals surface area contributed by atoms with Crippen LogP contribution in [0.25, 0.3) is 43.6 Å². The molecule has 5 atom stereocenters. The van der Waals surface area contributed by atoms with Crippen molar-refractivity contribution in [3.63, 3.8) is 0 Å². The summed E-state index contributed by atoms with van der Waals surface area (Å²) >= 11 is 0. The number of aliphatic hydroxyl groups excluding tert-OH is 1. The van der Waals surface area contributed by atoms with Gasteiger partial charge in [-0.25, -0.2) is 0 Å². The smallest absolute Gasteiger partial charge is 0.254 e. The fourth-order valence-corrected chi connectivity index (χ4v) is 7.69. The fraction of sp³-hybridized carbons (Fsp3) is 0.333. The van der Waals surface area contributed by atoms with Gasteiger partial charge in [0.05, 0.1) is 39.5 Å². The number of fused-ring (bicyclic) bond motifs is 13. The summed E-state index contributed by atoms with van der Waals surface area (Å²) in [6, 6.07) is 16.0. The van der Waals surface area contributed by atoms with E-state index in [2.05, 4.69) is 33.5 Å². The van der Waals surface area contributed by atoms with Crippen LogP contribution in [0.4, 0.5) is 0 Å². The van der Waals surface area contributed by atoms with Crippen LogP contribution in [0.15, 0.2) is 48.5 Å². The second-order valence-electron chi connectivity index (χ2n) is 11.1. The van der Waals surface area contributed by atoms with Crippen molar-refractivity contribution in [3.05, 3.63) is 59.7 Å². The average Bonchev–Trinajstić information content (AvgIpc) is 3.52. The molecule has 39 heavy (non-hydrogen) atoms. The van der Waals surface area contributed by atoms with E-state index in [9.17, 15) is 9.90 Å². The van der Waals surface area contributed by atoms with Crippen molar-refractivity contribution >= 4 is 55.4 Å². The standard InChI is InChI=1S/C30H29N5O4/c1-14(31)33(3)19-13-20-34-17-11-7-5-9-15(17)21-23-24(29(37)32-28(23)36)22-16-10-6-8-12-18(16)35(26(22)25(21)34)30(2,39-20)27(19)38-4/h5-12,19-20,27,29,31,37H,13H2,1-4H3,(H,32,36). The maximum Gasteiger partial charge on any atom is 0.254 e. The molecule has 9 nitrogen and oxygen atoms in total. The highest BCUT2D eigenvalue weighted by Gasteiger charge is 2.54. The van der Waals surface area contributed by atoms with Crippen molar-refractivity contribution < 1.29 is 19.4 Å². The van der Waals surface area contributed by atoms with E-state index in [0.29, 0.717) is 23.4 Å². The lowest BCUT2D eigenvalue weighted by molar-refractivity contribution is -0.263. The number of nitrogens with one attached hydrogen (secondary N) is 2. The fourth-order valence-electron chi connectivity index (χ4n) is 7.69. The molecule has 3 aromatic carbocycles. The van der Waals surface area contributed by atoms with E-state index in [1.54, 1.807) is 14.0 Å². The Labute approximate surface area is 224 Å². The number of likely N-dealkylation sites (N-methyl/N-ethyl adjacent to an activating group) is 1. The number of para-hydroxylation sites is 2. The van der Waals surface area contributed by atoms with Gasteiger partial charge in [0.25, 0.3) is 5.91 Å². The Morgan fingerprint density at radius 2 is 1.79 bits per heavy atom. The summed E-state index contributed by atoms with van der Waals surface area (Å²) in [5.74, 6) is 0.177. The third-order valence-corrected chi connectivity index (χ3v) is 9.27. The minimum atomic E-state index is -1.12. The van der Waals surface area contributed by atoms with Crippen LogP contribution in [0.3, 0.4) is 0 Å². The first kappa shape index (κ1) is 23.0. The number of aliphatic hydroxyl groups is 1. The van der Waals surface area contributed by atoms with Gasteiger partial charge < -0.3 is 33.9 Å². The number of amides is 1. The molecule has 3 aliphatic rings.